The molecule has 7 nitrogen and oxygen atoms in total. The molecular formula is C19H27IN6O. The maximum absolute atomic E-state index is 6.44. The summed E-state index contributed by atoms with van der Waals surface area (Å²) in [5.74, 6) is 2.64. The van der Waals surface area contributed by atoms with Gasteiger partial charge in [0.2, 0.25) is 0 Å². The number of para-hydroxylation sites is 1. The summed E-state index contributed by atoms with van der Waals surface area (Å²) in [5, 5.41) is 15.0. The standard InChI is InChI=1S/C19H26N6O.HI/c1-20-18(21-12-17-24-22-13-25(17)2)23-15-11-19(9-5-6-10-19)26-16-8-4-3-7-14(15)16;/h3-4,7-8,13,15H,5-6,9-12H2,1-2H3,(H2,20,21,23);1H. The summed E-state index contributed by atoms with van der Waals surface area (Å²) in [4.78, 5) is 4.40. The third-order valence-corrected chi connectivity index (χ3v) is 5.47. The molecule has 2 heterocycles. The smallest absolute Gasteiger partial charge is 0.191 e. The van der Waals surface area contributed by atoms with Gasteiger partial charge in [0.05, 0.1) is 12.6 Å². The van der Waals surface area contributed by atoms with E-state index in [1.54, 1.807) is 13.4 Å². The average molecular weight is 482 g/mol. The first-order chi connectivity index (χ1) is 12.7. The molecule has 1 spiro atoms. The summed E-state index contributed by atoms with van der Waals surface area (Å²) in [6, 6.07) is 8.53. The molecule has 2 aliphatic rings. The zero-order valence-corrected chi connectivity index (χ0v) is 18.1. The fourth-order valence-electron chi connectivity index (χ4n) is 4.06. The Morgan fingerprint density at radius 2 is 2.11 bits per heavy atom. The third-order valence-electron chi connectivity index (χ3n) is 5.47. The van der Waals surface area contributed by atoms with E-state index >= 15 is 0 Å². The number of hydrogen-bond donors (Lipinski definition) is 2. The summed E-state index contributed by atoms with van der Waals surface area (Å²) in [6.45, 7) is 0.576. The normalized spacial score (nSPS) is 20.5. The van der Waals surface area contributed by atoms with E-state index < -0.39 is 0 Å². The second kappa shape index (κ2) is 8.45. The molecule has 27 heavy (non-hydrogen) atoms. The number of aliphatic imine (C=N–C) groups is 1. The van der Waals surface area contributed by atoms with Crippen molar-refractivity contribution in [2.75, 3.05) is 7.05 Å². The molecule has 2 aromatic rings. The van der Waals surface area contributed by atoms with Crippen LogP contribution in [0.2, 0.25) is 0 Å². The van der Waals surface area contributed by atoms with Crippen molar-refractivity contribution in [1.29, 1.82) is 0 Å². The van der Waals surface area contributed by atoms with Gasteiger partial charge in [-0.1, -0.05) is 18.2 Å². The molecule has 0 amide bonds. The van der Waals surface area contributed by atoms with Crippen molar-refractivity contribution in [1.82, 2.24) is 25.4 Å². The highest BCUT2D eigenvalue weighted by Crippen LogP contribution is 2.46. The first-order valence-electron chi connectivity index (χ1n) is 9.27. The van der Waals surface area contributed by atoms with Crippen molar-refractivity contribution >= 4 is 29.9 Å². The van der Waals surface area contributed by atoms with Gasteiger partial charge in [0.25, 0.3) is 0 Å². The number of fused-ring (bicyclic) bond motifs is 1. The van der Waals surface area contributed by atoms with E-state index in [9.17, 15) is 0 Å². The number of halogens is 1. The van der Waals surface area contributed by atoms with Crippen LogP contribution in [0.5, 0.6) is 5.75 Å². The van der Waals surface area contributed by atoms with E-state index in [1.165, 1.54) is 18.4 Å². The molecule has 146 valence electrons. The van der Waals surface area contributed by atoms with Crippen LogP contribution in [0.15, 0.2) is 35.6 Å². The highest BCUT2D eigenvalue weighted by atomic mass is 127. The second-order valence-electron chi connectivity index (χ2n) is 7.21. The molecule has 1 aromatic carbocycles. The van der Waals surface area contributed by atoms with Crippen molar-refractivity contribution in [2.24, 2.45) is 12.0 Å². The first-order valence-corrected chi connectivity index (χ1v) is 9.27. The van der Waals surface area contributed by atoms with Crippen LogP contribution in [0.1, 0.15) is 49.5 Å². The molecule has 1 unspecified atom stereocenters. The maximum Gasteiger partial charge on any atom is 0.191 e. The van der Waals surface area contributed by atoms with E-state index in [4.69, 9.17) is 4.74 Å². The summed E-state index contributed by atoms with van der Waals surface area (Å²) >= 11 is 0. The molecule has 0 radical (unpaired) electrons. The Hall–Kier alpha value is -1.84. The largest absolute Gasteiger partial charge is 0.487 e. The van der Waals surface area contributed by atoms with Crippen LogP contribution >= 0.6 is 24.0 Å². The number of nitrogens with one attached hydrogen (secondary N) is 2. The van der Waals surface area contributed by atoms with Gasteiger partial charge in [-0.2, -0.15) is 0 Å². The molecule has 1 saturated carbocycles. The molecule has 8 heteroatoms. The molecule has 0 saturated heterocycles. The lowest BCUT2D eigenvalue weighted by molar-refractivity contribution is 0.0396. The van der Waals surface area contributed by atoms with Gasteiger partial charge in [-0.15, -0.1) is 34.2 Å². The molecule has 1 aliphatic carbocycles. The van der Waals surface area contributed by atoms with Crippen LogP contribution in [-0.2, 0) is 13.6 Å². The van der Waals surface area contributed by atoms with Crippen molar-refractivity contribution in [3.8, 4) is 5.75 Å². The number of aryl methyl sites for hydroxylation is 1. The van der Waals surface area contributed by atoms with Crippen molar-refractivity contribution in [3.63, 3.8) is 0 Å². The minimum atomic E-state index is -0.0333. The summed E-state index contributed by atoms with van der Waals surface area (Å²) in [5.41, 5.74) is 1.17. The molecule has 4 rings (SSSR count). The minimum absolute atomic E-state index is 0. The van der Waals surface area contributed by atoms with Crippen LogP contribution in [-0.4, -0.2) is 33.4 Å². The predicted molar refractivity (Wildman–Crippen MR) is 115 cm³/mol. The molecular weight excluding hydrogens is 455 g/mol. The zero-order valence-electron chi connectivity index (χ0n) is 15.8. The Kier molecular flexibility index (Phi) is 6.23. The number of benzene rings is 1. The van der Waals surface area contributed by atoms with E-state index in [-0.39, 0.29) is 35.6 Å². The van der Waals surface area contributed by atoms with E-state index in [0.29, 0.717) is 6.54 Å². The molecule has 1 aliphatic heterocycles. The van der Waals surface area contributed by atoms with E-state index in [0.717, 1.165) is 36.8 Å². The molecule has 1 aromatic heterocycles. The summed E-state index contributed by atoms with van der Waals surface area (Å²) < 4.78 is 8.34. The fourth-order valence-corrected chi connectivity index (χ4v) is 4.06. The molecule has 0 bridgehead atoms. The Labute approximate surface area is 177 Å². The number of guanidine groups is 1. The van der Waals surface area contributed by atoms with Gasteiger partial charge in [0.1, 0.15) is 17.7 Å². The molecule has 1 atom stereocenters. The lowest BCUT2D eigenvalue weighted by atomic mass is 9.86. The van der Waals surface area contributed by atoms with E-state index in [2.05, 4.69) is 44.0 Å². The lowest BCUT2D eigenvalue weighted by Gasteiger charge is -2.40. The monoisotopic (exact) mass is 482 g/mol. The highest BCUT2D eigenvalue weighted by Gasteiger charge is 2.43. The van der Waals surface area contributed by atoms with Gasteiger partial charge in [0, 0.05) is 26.1 Å². The lowest BCUT2D eigenvalue weighted by Crippen LogP contribution is -2.46. The summed E-state index contributed by atoms with van der Waals surface area (Å²) in [6.07, 6.45) is 7.41. The van der Waals surface area contributed by atoms with E-state index in [1.807, 2.05) is 17.7 Å². The van der Waals surface area contributed by atoms with Gasteiger partial charge in [-0.25, -0.2) is 0 Å². The number of ether oxygens (including phenoxy) is 1. The van der Waals surface area contributed by atoms with Crippen LogP contribution < -0.4 is 15.4 Å². The van der Waals surface area contributed by atoms with Crippen LogP contribution in [0.4, 0.5) is 0 Å². The van der Waals surface area contributed by atoms with Gasteiger partial charge in [-0.05, 0) is 31.7 Å². The fraction of sp³-hybridized carbons (Fsp3) is 0.526. The summed E-state index contributed by atoms with van der Waals surface area (Å²) in [7, 11) is 3.73. The van der Waals surface area contributed by atoms with Crippen molar-refractivity contribution in [2.45, 2.75) is 50.3 Å². The molecule has 1 fully saturated rings. The van der Waals surface area contributed by atoms with Gasteiger partial charge in [0.15, 0.2) is 11.8 Å². The van der Waals surface area contributed by atoms with Gasteiger partial charge >= 0.3 is 0 Å². The zero-order chi connectivity index (χ0) is 18.0. The molecule has 2 N–H and O–H groups in total. The predicted octanol–water partition coefficient (Wildman–Crippen LogP) is 2.93. The van der Waals surface area contributed by atoms with Gasteiger partial charge in [-0.3, -0.25) is 4.99 Å². The number of aromatic nitrogens is 3. The van der Waals surface area contributed by atoms with Gasteiger partial charge < -0.3 is 19.9 Å². The average Bonchev–Trinajstić information content (AvgIpc) is 3.27. The van der Waals surface area contributed by atoms with Crippen molar-refractivity contribution < 1.29 is 4.74 Å². The maximum atomic E-state index is 6.44. The SMILES string of the molecule is CN=C(NCc1nncn1C)NC1CC2(CCCC2)Oc2ccccc21.I. The Morgan fingerprint density at radius 1 is 1.33 bits per heavy atom. The highest BCUT2D eigenvalue weighted by molar-refractivity contribution is 14.0. The number of rotatable bonds is 3. The second-order valence-corrected chi connectivity index (χ2v) is 7.21. The third kappa shape index (κ3) is 4.20. The van der Waals surface area contributed by atoms with Crippen LogP contribution in [0.3, 0.4) is 0 Å². The van der Waals surface area contributed by atoms with Crippen LogP contribution in [0.25, 0.3) is 0 Å². The van der Waals surface area contributed by atoms with Crippen molar-refractivity contribution in [3.05, 3.63) is 42.0 Å². The van der Waals surface area contributed by atoms with Crippen LogP contribution in [0, 0.1) is 0 Å². The first kappa shape index (κ1) is 19.9. The Morgan fingerprint density at radius 3 is 2.81 bits per heavy atom. The Bertz CT molecular complexity index is 799. The quantitative estimate of drug-likeness (QED) is 0.400. The topological polar surface area (TPSA) is 76.4 Å². The minimum Gasteiger partial charge on any atom is -0.487 e. The number of hydrogen-bond acceptors (Lipinski definition) is 4. The number of nitrogens with zero attached hydrogens (tertiary/aromatic N) is 4. The Balaban J connectivity index is 0.00000210.